The third-order valence-electron chi connectivity index (χ3n) is 2.01. The summed E-state index contributed by atoms with van der Waals surface area (Å²) >= 11 is 0. The SMILES string of the molecule is CC(C)NC(=O)CNC(C)CNC(=O)OC(C)(C)C. The Morgan fingerprint density at radius 3 is 2.21 bits per heavy atom. The standard InChI is InChI=1S/C13H27N3O3/c1-9(2)16-11(17)8-14-10(3)7-15-12(18)19-13(4,5)6/h9-10,14H,7-8H2,1-6H3,(H,15,18)(H,16,17). The van der Waals surface area contributed by atoms with Gasteiger partial charge in [0, 0.05) is 18.6 Å². The molecule has 0 aromatic heterocycles. The zero-order valence-corrected chi connectivity index (χ0v) is 12.8. The van der Waals surface area contributed by atoms with Gasteiger partial charge >= 0.3 is 6.09 Å². The number of nitrogens with one attached hydrogen (secondary N) is 3. The fourth-order valence-corrected chi connectivity index (χ4v) is 1.26. The summed E-state index contributed by atoms with van der Waals surface area (Å²) in [6, 6.07) is 0.120. The van der Waals surface area contributed by atoms with Crippen LogP contribution in [0.5, 0.6) is 0 Å². The van der Waals surface area contributed by atoms with E-state index >= 15 is 0 Å². The third kappa shape index (κ3) is 11.5. The van der Waals surface area contributed by atoms with Crippen molar-refractivity contribution in [3.05, 3.63) is 0 Å². The van der Waals surface area contributed by atoms with Crippen LogP contribution in [-0.4, -0.2) is 42.8 Å². The van der Waals surface area contributed by atoms with Gasteiger partial charge in [0.15, 0.2) is 0 Å². The summed E-state index contributed by atoms with van der Waals surface area (Å²) in [7, 11) is 0. The molecule has 3 N–H and O–H groups in total. The first-order valence-electron chi connectivity index (χ1n) is 6.59. The molecule has 0 radical (unpaired) electrons. The first-order chi connectivity index (χ1) is 8.60. The zero-order chi connectivity index (χ0) is 15.1. The highest BCUT2D eigenvalue weighted by Crippen LogP contribution is 2.06. The summed E-state index contributed by atoms with van der Waals surface area (Å²) in [5.41, 5.74) is -0.502. The highest BCUT2D eigenvalue weighted by molar-refractivity contribution is 5.78. The number of amides is 2. The lowest BCUT2D eigenvalue weighted by atomic mass is 10.2. The molecule has 2 amide bonds. The van der Waals surface area contributed by atoms with Crippen LogP contribution in [0, 0.1) is 0 Å². The molecule has 0 spiro atoms. The molecule has 0 aliphatic carbocycles. The third-order valence-corrected chi connectivity index (χ3v) is 2.01. The normalized spacial score (nSPS) is 13.0. The first-order valence-corrected chi connectivity index (χ1v) is 6.59. The molecule has 0 rings (SSSR count). The molecule has 1 atom stereocenters. The van der Waals surface area contributed by atoms with Gasteiger partial charge in [0.1, 0.15) is 5.60 Å². The molecule has 0 heterocycles. The second-order valence-electron chi connectivity index (χ2n) is 5.89. The summed E-state index contributed by atoms with van der Waals surface area (Å²) in [5, 5.41) is 8.45. The Balaban J connectivity index is 3.78. The quantitative estimate of drug-likeness (QED) is 0.675. The van der Waals surface area contributed by atoms with Crippen molar-refractivity contribution in [3.8, 4) is 0 Å². The van der Waals surface area contributed by atoms with E-state index in [-0.39, 0.29) is 24.5 Å². The van der Waals surface area contributed by atoms with Crippen LogP contribution < -0.4 is 16.0 Å². The molecular weight excluding hydrogens is 246 g/mol. The average Bonchev–Trinajstić information content (AvgIpc) is 2.20. The lowest BCUT2D eigenvalue weighted by molar-refractivity contribution is -0.120. The fourth-order valence-electron chi connectivity index (χ4n) is 1.26. The van der Waals surface area contributed by atoms with E-state index in [9.17, 15) is 9.59 Å². The summed E-state index contributed by atoms with van der Waals surface area (Å²) in [5.74, 6) is -0.0564. The van der Waals surface area contributed by atoms with Crippen LogP contribution in [0.15, 0.2) is 0 Å². The van der Waals surface area contributed by atoms with Crippen molar-refractivity contribution in [2.24, 2.45) is 0 Å². The summed E-state index contributed by atoms with van der Waals surface area (Å²) < 4.78 is 5.11. The van der Waals surface area contributed by atoms with Gasteiger partial charge in [-0.1, -0.05) is 0 Å². The molecule has 0 aliphatic rings. The Morgan fingerprint density at radius 2 is 1.74 bits per heavy atom. The number of hydrogen-bond acceptors (Lipinski definition) is 4. The molecule has 0 aromatic carbocycles. The molecule has 0 aromatic rings. The van der Waals surface area contributed by atoms with Crippen molar-refractivity contribution >= 4 is 12.0 Å². The molecule has 6 nitrogen and oxygen atoms in total. The molecule has 0 saturated carbocycles. The molecule has 0 aliphatic heterocycles. The Bertz CT molecular complexity index is 298. The highest BCUT2D eigenvalue weighted by Gasteiger charge is 2.16. The van der Waals surface area contributed by atoms with Crippen LogP contribution in [-0.2, 0) is 9.53 Å². The van der Waals surface area contributed by atoms with Gasteiger partial charge in [0.25, 0.3) is 0 Å². The topological polar surface area (TPSA) is 79.5 Å². The minimum atomic E-state index is -0.502. The van der Waals surface area contributed by atoms with Crippen LogP contribution in [0.2, 0.25) is 0 Å². The lowest BCUT2D eigenvalue weighted by Crippen LogP contribution is -2.45. The van der Waals surface area contributed by atoms with E-state index in [0.29, 0.717) is 6.54 Å². The average molecular weight is 273 g/mol. The number of hydrogen-bond donors (Lipinski definition) is 3. The van der Waals surface area contributed by atoms with Crippen LogP contribution in [0.4, 0.5) is 4.79 Å². The van der Waals surface area contributed by atoms with Crippen molar-refractivity contribution < 1.29 is 14.3 Å². The van der Waals surface area contributed by atoms with Crippen molar-refractivity contribution in [1.29, 1.82) is 0 Å². The van der Waals surface area contributed by atoms with Gasteiger partial charge < -0.3 is 20.7 Å². The van der Waals surface area contributed by atoms with Crippen molar-refractivity contribution in [1.82, 2.24) is 16.0 Å². The minimum absolute atomic E-state index is 0.00886. The Hall–Kier alpha value is -1.30. The van der Waals surface area contributed by atoms with Crippen LogP contribution >= 0.6 is 0 Å². The van der Waals surface area contributed by atoms with E-state index in [1.54, 1.807) is 0 Å². The van der Waals surface area contributed by atoms with Crippen LogP contribution in [0.1, 0.15) is 41.5 Å². The smallest absolute Gasteiger partial charge is 0.407 e. The van der Waals surface area contributed by atoms with E-state index < -0.39 is 11.7 Å². The van der Waals surface area contributed by atoms with Gasteiger partial charge in [-0.2, -0.15) is 0 Å². The largest absolute Gasteiger partial charge is 0.444 e. The number of alkyl carbamates (subject to hydrolysis) is 1. The Morgan fingerprint density at radius 1 is 1.16 bits per heavy atom. The monoisotopic (exact) mass is 273 g/mol. The number of carbonyl (C=O) groups is 2. The van der Waals surface area contributed by atoms with Crippen LogP contribution in [0.3, 0.4) is 0 Å². The van der Waals surface area contributed by atoms with Gasteiger partial charge in [-0.05, 0) is 41.5 Å². The second-order valence-corrected chi connectivity index (χ2v) is 5.89. The van der Waals surface area contributed by atoms with E-state index in [4.69, 9.17) is 4.74 Å². The maximum Gasteiger partial charge on any atom is 0.407 e. The molecule has 0 saturated heterocycles. The van der Waals surface area contributed by atoms with Gasteiger partial charge in [-0.3, -0.25) is 4.79 Å². The van der Waals surface area contributed by atoms with Crippen molar-refractivity contribution in [2.45, 2.75) is 59.2 Å². The maximum atomic E-state index is 11.4. The van der Waals surface area contributed by atoms with Crippen LogP contribution in [0.25, 0.3) is 0 Å². The molecule has 0 bridgehead atoms. The van der Waals surface area contributed by atoms with E-state index in [0.717, 1.165) is 0 Å². The number of ether oxygens (including phenoxy) is 1. The highest BCUT2D eigenvalue weighted by atomic mass is 16.6. The molecule has 6 heteroatoms. The molecule has 19 heavy (non-hydrogen) atoms. The summed E-state index contributed by atoms with van der Waals surface area (Å²) in [6.07, 6.45) is -0.451. The summed E-state index contributed by atoms with van der Waals surface area (Å²) in [6.45, 7) is 11.8. The molecule has 1 unspecified atom stereocenters. The lowest BCUT2D eigenvalue weighted by Gasteiger charge is -2.21. The summed E-state index contributed by atoms with van der Waals surface area (Å²) in [4.78, 5) is 22.8. The van der Waals surface area contributed by atoms with Gasteiger partial charge in [-0.15, -0.1) is 0 Å². The second kappa shape index (κ2) is 7.99. The first kappa shape index (κ1) is 17.7. The molecule has 0 fully saturated rings. The Kier molecular flexibility index (Phi) is 7.44. The van der Waals surface area contributed by atoms with Gasteiger partial charge in [0.05, 0.1) is 6.54 Å². The van der Waals surface area contributed by atoms with Gasteiger partial charge in [0.2, 0.25) is 5.91 Å². The predicted octanol–water partition coefficient (Wildman–Crippen LogP) is 1.01. The predicted molar refractivity (Wildman–Crippen MR) is 75.0 cm³/mol. The van der Waals surface area contributed by atoms with E-state index in [2.05, 4.69) is 16.0 Å². The van der Waals surface area contributed by atoms with Crippen molar-refractivity contribution in [3.63, 3.8) is 0 Å². The number of carbonyl (C=O) groups excluding carboxylic acids is 2. The van der Waals surface area contributed by atoms with Crippen molar-refractivity contribution in [2.75, 3.05) is 13.1 Å². The zero-order valence-electron chi connectivity index (χ0n) is 12.8. The Labute approximate surface area is 115 Å². The van der Waals surface area contributed by atoms with E-state index in [1.165, 1.54) is 0 Å². The number of rotatable bonds is 6. The molecule has 112 valence electrons. The fraction of sp³-hybridized carbons (Fsp3) is 0.846. The van der Waals surface area contributed by atoms with E-state index in [1.807, 2.05) is 41.5 Å². The molecular formula is C13H27N3O3. The minimum Gasteiger partial charge on any atom is -0.444 e. The maximum absolute atomic E-state index is 11.4. The van der Waals surface area contributed by atoms with Gasteiger partial charge in [-0.25, -0.2) is 4.79 Å².